The molecule has 2 heterocycles. The van der Waals surface area contributed by atoms with E-state index in [0.717, 1.165) is 54.6 Å². The molecule has 4 rings (SSSR count). The summed E-state index contributed by atoms with van der Waals surface area (Å²) in [6.45, 7) is 7.67. The molecule has 212 valence electrons. The summed E-state index contributed by atoms with van der Waals surface area (Å²) in [6, 6.07) is 4.72. The van der Waals surface area contributed by atoms with Gasteiger partial charge in [0.15, 0.2) is 0 Å². The highest BCUT2D eigenvalue weighted by molar-refractivity contribution is 7.71. The molecule has 1 fully saturated rings. The van der Waals surface area contributed by atoms with Crippen molar-refractivity contribution in [2.24, 2.45) is 5.92 Å². The minimum Gasteiger partial charge on any atom is -0.372 e. The third-order valence-electron chi connectivity index (χ3n) is 6.55. The van der Waals surface area contributed by atoms with Crippen molar-refractivity contribution < 1.29 is 18.1 Å². The summed E-state index contributed by atoms with van der Waals surface area (Å²) >= 11 is 4.96. The first-order valence-electron chi connectivity index (χ1n) is 12.6. The van der Waals surface area contributed by atoms with E-state index in [2.05, 4.69) is 34.7 Å². The van der Waals surface area contributed by atoms with Crippen LogP contribution in [0.5, 0.6) is 0 Å². The molecule has 0 spiro atoms. The third kappa shape index (κ3) is 7.93. The molecule has 1 saturated heterocycles. The Morgan fingerprint density at radius 2 is 1.77 bits per heavy atom. The number of benzene rings is 1. The van der Waals surface area contributed by atoms with Gasteiger partial charge in [0.05, 0.1) is 17.8 Å². The number of hydrogen-bond acceptors (Lipinski definition) is 5. The summed E-state index contributed by atoms with van der Waals surface area (Å²) in [7, 11) is 0.500. The van der Waals surface area contributed by atoms with Gasteiger partial charge in [-0.3, -0.25) is 19.6 Å². The molecule has 1 aliphatic heterocycles. The Balaban J connectivity index is 0.000000267. The fourth-order valence-electron chi connectivity index (χ4n) is 4.46. The number of anilines is 1. The minimum atomic E-state index is -2.68. The average molecular weight is 566 g/mol. The number of aromatic nitrogens is 3. The number of nitro groups is 1. The SMILES string of the molecule is CCC(CC)C1=CC([N+](=O)[O-])=C(C)C=C=C1.CF.O=c1[nH][nH]c(=S)n1-c1ccc(N2CCCC2)cc1C(F)F. The van der Waals surface area contributed by atoms with E-state index in [9.17, 15) is 28.1 Å². The van der Waals surface area contributed by atoms with Crippen molar-refractivity contribution in [1.82, 2.24) is 14.8 Å². The zero-order valence-corrected chi connectivity index (χ0v) is 23.3. The van der Waals surface area contributed by atoms with Crippen molar-refractivity contribution in [3.63, 3.8) is 0 Å². The number of H-pyrrole nitrogens is 2. The van der Waals surface area contributed by atoms with Crippen LogP contribution in [0, 0.1) is 20.8 Å². The van der Waals surface area contributed by atoms with Crippen molar-refractivity contribution in [3.8, 4) is 5.69 Å². The maximum atomic E-state index is 13.4. The van der Waals surface area contributed by atoms with Gasteiger partial charge in [-0.05, 0) is 86.7 Å². The predicted octanol–water partition coefficient (Wildman–Crippen LogP) is 6.97. The Bertz CT molecular complexity index is 1350. The second kappa shape index (κ2) is 15.1. The lowest BCUT2D eigenvalue weighted by atomic mass is 9.93. The number of halogens is 3. The van der Waals surface area contributed by atoms with Crippen LogP contribution < -0.4 is 10.6 Å². The van der Waals surface area contributed by atoms with E-state index in [0.29, 0.717) is 18.7 Å². The molecule has 2 aliphatic rings. The van der Waals surface area contributed by atoms with E-state index >= 15 is 0 Å². The molecule has 39 heavy (non-hydrogen) atoms. The van der Waals surface area contributed by atoms with E-state index < -0.39 is 12.1 Å². The third-order valence-corrected chi connectivity index (χ3v) is 6.84. The predicted molar refractivity (Wildman–Crippen MR) is 150 cm³/mol. The smallest absolute Gasteiger partial charge is 0.347 e. The van der Waals surface area contributed by atoms with Gasteiger partial charge in [-0.25, -0.2) is 23.2 Å². The summed E-state index contributed by atoms with van der Waals surface area (Å²) < 4.78 is 37.3. The number of rotatable bonds is 7. The van der Waals surface area contributed by atoms with E-state index in [1.807, 2.05) is 6.08 Å². The molecule has 0 radical (unpaired) electrons. The molecule has 0 atom stereocenters. The summed E-state index contributed by atoms with van der Waals surface area (Å²) in [5.74, 6) is 0.377. The quantitative estimate of drug-likeness (QED) is 0.163. The van der Waals surface area contributed by atoms with E-state index in [4.69, 9.17) is 12.2 Å². The number of allylic oxidation sites excluding steroid dienone is 4. The van der Waals surface area contributed by atoms with Gasteiger partial charge in [-0.15, -0.1) is 5.73 Å². The molecule has 1 aliphatic carbocycles. The summed E-state index contributed by atoms with van der Waals surface area (Å²) in [5, 5.41) is 15.7. The Hall–Kier alpha value is -3.63. The average Bonchev–Trinajstić information content (AvgIpc) is 3.53. The van der Waals surface area contributed by atoms with Crippen LogP contribution in [0.4, 0.5) is 18.9 Å². The van der Waals surface area contributed by atoms with E-state index in [1.54, 1.807) is 25.1 Å². The standard InChI is InChI=1S/C13H14F2N4OS.C13H17NO2.CH3F/c14-11(15)9-7-8(18-5-1-2-6-18)3-4-10(9)19-12(20)16-17-13(19)21;1-4-11(5-2)12-8-6-7-10(3)13(9-12)14(15)16;1-2/h3-4,7,11H,1-2,5-6H2,(H,16,20)(H,17,21);7-9,11H,4-5H2,1-3H3;1H3. The number of alkyl halides is 3. The van der Waals surface area contributed by atoms with Crippen LogP contribution in [0.3, 0.4) is 0 Å². The number of nitrogens with zero attached hydrogens (tertiary/aromatic N) is 3. The highest BCUT2D eigenvalue weighted by Crippen LogP contribution is 2.31. The van der Waals surface area contributed by atoms with Crippen molar-refractivity contribution in [2.45, 2.75) is 52.9 Å². The fraction of sp³-hybridized carbons (Fsp3) is 0.444. The zero-order valence-electron chi connectivity index (χ0n) is 22.5. The molecule has 0 amide bonds. The van der Waals surface area contributed by atoms with Crippen LogP contribution >= 0.6 is 12.2 Å². The lowest BCUT2D eigenvalue weighted by molar-refractivity contribution is -0.420. The molecule has 8 nitrogen and oxygen atoms in total. The summed E-state index contributed by atoms with van der Waals surface area (Å²) in [6.07, 6.45) is 6.64. The highest BCUT2D eigenvalue weighted by Gasteiger charge is 2.21. The van der Waals surface area contributed by atoms with Crippen LogP contribution in [0.2, 0.25) is 0 Å². The van der Waals surface area contributed by atoms with Gasteiger partial charge in [0.2, 0.25) is 4.77 Å². The van der Waals surface area contributed by atoms with Gasteiger partial charge < -0.3 is 4.90 Å². The molecule has 0 unspecified atom stereocenters. The van der Waals surface area contributed by atoms with Crippen LogP contribution in [0.25, 0.3) is 5.69 Å². The molecule has 0 bridgehead atoms. The van der Waals surface area contributed by atoms with Crippen LogP contribution in [0.1, 0.15) is 58.4 Å². The number of aromatic amines is 2. The number of nitrogens with one attached hydrogen (secondary N) is 2. The van der Waals surface area contributed by atoms with Gasteiger partial charge in [0, 0.05) is 36.0 Å². The first kappa shape index (κ1) is 31.6. The second-order valence-corrected chi connectivity index (χ2v) is 9.26. The lowest BCUT2D eigenvalue weighted by Crippen LogP contribution is -2.20. The maximum absolute atomic E-state index is 13.4. The summed E-state index contributed by atoms with van der Waals surface area (Å²) in [5.41, 5.74) is 4.96. The maximum Gasteiger partial charge on any atom is 0.347 e. The van der Waals surface area contributed by atoms with Gasteiger partial charge in [0.1, 0.15) is 0 Å². The minimum absolute atomic E-state index is 0.0656. The van der Waals surface area contributed by atoms with Crippen LogP contribution in [-0.4, -0.2) is 40.0 Å². The largest absolute Gasteiger partial charge is 0.372 e. The first-order chi connectivity index (χ1) is 18.7. The van der Waals surface area contributed by atoms with Crippen molar-refractivity contribution in [1.29, 1.82) is 0 Å². The van der Waals surface area contributed by atoms with Crippen LogP contribution in [-0.2, 0) is 0 Å². The Labute approximate surface area is 230 Å². The molecule has 12 heteroatoms. The van der Waals surface area contributed by atoms with Crippen LogP contribution in [0.15, 0.2) is 63.8 Å². The summed E-state index contributed by atoms with van der Waals surface area (Å²) in [4.78, 5) is 24.4. The Morgan fingerprint density at radius 1 is 1.13 bits per heavy atom. The van der Waals surface area contributed by atoms with Crippen molar-refractivity contribution in [3.05, 3.63) is 89.9 Å². The molecular formula is C27H34F3N5O3S. The molecular weight excluding hydrogens is 531 g/mol. The molecule has 1 aromatic heterocycles. The van der Waals surface area contributed by atoms with Crippen molar-refractivity contribution in [2.75, 3.05) is 25.2 Å². The van der Waals surface area contributed by atoms with Gasteiger partial charge in [0.25, 0.3) is 12.1 Å². The molecule has 2 aromatic rings. The van der Waals surface area contributed by atoms with E-state index in [1.165, 1.54) is 12.1 Å². The molecule has 0 saturated carbocycles. The first-order valence-corrected chi connectivity index (χ1v) is 13.0. The Morgan fingerprint density at radius 3 is 2.28 bits per heavy atom. The monoisotopic (exact) mass is 565 g/mol. The second-order valence-electron chi connectivity index (χ2n) is 8.87. The fourth-order valence-corrected chi connectivity index (χ4v) is 4.70. The Kier molecular flexibility index (Phi) is 12.2. The zero-order chi connectivity index (χ0) is 29.1. The topological polar surface area (TPSA) is 100.0 Å². The van der Waals surface area contributed by atoms with Gasteiger partial charge >= 0.3 is 5.69 Å². The van der Waals surface area contributed by atoms with Crippen molar-refractivity contribution >= 4 is 17.9 Å². The normalized spacial score (nSPS) is 14.6. The molecule has 1 aromatic carbocycles. The van der Waals surface area contributed by atoms with E-state index in [-0.39, 0.29) is 26.6 Å². The van der Waals surface area contributed by atoms with Gasteiger partial charge in [-0.1, -0.05) is 13.8 Å². The lowest BCUT2D eigenvalue weighted by Gasteiger charge is -2.20. The molecule has 2 N–H and O–H groups in total. The number of hydrogen-bond donors (Lipinski definition) is 2. The highest BCUT2D eigenvalue weighted by atomic mass is 32.1. The van der Waals surface area contributed by atoms with Gasteiger partial charge in [-0.2, -0.15) is 0 Å².